The Hall–Kier alpha value is -4.58. The van der Waals surface area contributed by atoms with E-state index in [1.165, 1.54) is 0 Å². The lowest BCUT2D eigenvalue weighted by molar-refractivity contribution is 1.13. The predicted octanol–water partition coefficient (Wildman–Crippen LogP) is 4.93. The van der Waals surface area contributed by atoms with Crippen LogP contribution < -0.4 is 11.1 Å². The van der Waals surface area contributed by atoms with E-state index in [1.54, 1.807) is 15.7 Å². The molecule has 34 heavy (non-hydrogen) atoms. The van der Waals surface area contributed by atoms with Crippen LogP contribution in [-0.2, 0) is 0 Å². The Bertz CT molecular complexity index is 2140. The number of benzene rings is 3. The molecule has 162 valence electrons. The van der Waals surface area contributed by atoms with E-state index in [-0.39, 0.29) is 11.1 Å². The maximum atomic E-state index is 13.7. The van der Waals surface area contributed by atoms with Crippen LogP contribution in [0.2, 0.25) is 0 Å². The standard InChI is InChI=1S/C28H18N4O2/c1-15-11-12-18-24-16(2)17(25-29-20-7-3-5-9-22(20)31(25)27(15)33)13-14-19(24)28(34)32-23-10-6-4-8-21(23)30-26(18)32/h3-14H,1-2H3. The van der Waals surface area contributed by atoms with Crippen molar-refractivity contribution in [1.29, 1.82) is 0 Å². The van der Waals surface area contributed by atoms with Crippen LogP contribution in [0, 0.1) is 13.8 Å². The van der Waals surface area contributed by atoms with E-state index in [1.807, 2.05) is 79.7 Å². The second-order valence-electron chi connectivity index (χ2n) is 8.72. The molecule has 0 saturated carbocycles. The second-order valence-corrected chi connectivity index (χ2v) is 8.72. The molecule has 3 aromatic carbocycles. The van der Waals surface area contributed by atoms with Crippen LogP contribution >= 0.6 is 0 Å². The van der Waals surface area contributed by atoms with Crippen molar-refractivity contribution in [1.82, 2.24) is 18.8 Å². The summed E-state index contributed by atoms with van der Waals surface area (Å²) in [7, 11) is 0. The van der Waals surface area contributed by atoms with Crippen LogP contribution in [0.15, 0.2) is 82.4 Å². The summed E-state index contributed by atoms with van der Waals surface area (Å²) < 4.78 is 3.35. The van der Waals surface area contributed by atoms with Gasteiger partial charge in [-0.25, -0.2) is 9.97 Å². The first-order valence-electron chi connectivity index (χ1n) is 11.1. The maximum Gasteiger partial charge on any atom is 0.264 e. The van der Waals surface area contributed by atoms with Gasteiger partial charge in [-0.3, -0.25) is 18.4 Å². The Morgan fingerprint density at radius 1 is 0.588 bits per heavy atom. The van der Waals surface area contributed by atoms with Gasteiger partial charge in [-0.1, -0.05) is 42.5 Å². The molecule has 0 atom stereocenters. The largest absolute Gasteiger partial charge is 0.269 e. The van der Waals surface area contributed by atoms with Crippen molar-refractivity contribution in [3.05, 3.63) is 105 Å². The van der Waals surface area contributed by atoms with E-state index in [0.29, 0.717) is 22.2 Å². The highest BCUT2D eigenvalue weighted by Gasteiger charge is 2.18. The second kappa shape index (κ2) is 6.48. The Morgan fingerprint density at radius 2 is 1.12 bits per heavy atom. The third-order valence-electron chi connectivity index (χ3n) is 6.81. The zero-order chi connectivity index (χ0) is 23.1. The molecule has 6 heteroatoms. The molecule has 4 aromatic heterocycles. The third-order valence-corrected chi connectivity index (χ3v) is 6.81. The molecule has 0 aliphatic heterocycles. The molecule has 0 aliphatic carbocycles. The van der Waals surface area contributed by atoms with Crippen LogP contribution in [0.5, 0.6) is 0 Å². The van der Waals surface area contributed by atoms with E-state index >= 15 is 0 Å². The molecule has 7 aromatic rings. The van der Waals surface area contributed by atoms with E-state index < -0.39 is 0 Å². The number of nitrogens with zero attached hydrogens (tertiary/aromatic N) is 4. The van der Waals surface area contributed by atoms with Crippen LogP contribution in [-0.4, -0.2) is 18.8 Å². The Kier molecular flexibility index (Phi) is 3.61. The molecular formula is C28H18N4O2. The van der Waals surface area contributed by atoms with Crippen molar-refractivity contribution in [2.75, 3.05) is 0 Å². The van der Waals surface area contributed by atoms with Crippen LogP contribution in [0.25, 0.3) is 54.9 Å². The van der Waals surface area contributed by atoms with Crippen LogP contribution in [0.3, 0.4) is 0 Å². The molecule has 4 heterocycles. The van der Waals surface area contributed by atoms with Crippen molar-refractivity contribution in [3.8, 4) is 0 Å². The third kappa shape index (κ3) is 2.29. The van der Waals surface area contributed by atoms with Gasteiger partial charge in [0.1, 0.15) is 11.3 Å². The van der Waals surface area contributed by atoms with Gasteiger partial charge < -0.3 is 0 Å². The van der Waals surface area contributed by atoms with E-state index in [4.69, 9.17) is 9.97 Å². The minimum absolute atomic E-state index is 0.104. The lowest BCUT2D eigenvalue weighted by atomic mass is 10.0. The summed E-state index contributed by atoms with van der Waals surface area (Å²) in [6.07, 6.45) is 0. The number of fused-ring (bicyclic) bond motifs is 9. The van der Waals surface area contributed by atoms with Gasteiger partial charge >= 0.3 is 0 Å². The molecule has 0 amide bonds. The van der Waals surface area contributed by atoms with Crippen molar-refractivity contribution < 1.29 is 0 Å². The van der Waals surface area contributed by atoms with Gasteiger partial charge in [-0.2, -0.15) is 0 Å². The molecule has 2 bridgehead atoms. The quantitative estimate of drug-likeness (QED) is 0.334. The number of aromatic nitrogens is 4. The molecule has 7 rings (SSSR count). The number of hydrogen-bond acceptors (Lipinski definition) is 4. The summed E-state index contributed by atoms with van der Waals surface area (Å²) in [6, 6.07) is 22.7. The van der Waals surface area contributed by atoms with Gasteiger partial charge in [-0.15, -0.1) is 0 Å². The highest BCUT2D eigenvalue weighted by Crippen LogP contribution is 2.31. The normalized spacial score (nSPS) is 12.1. The summed E-state index contributed by atoms with van der Waals surface area (Å²) in [5, 5.41) is 3.09. The predicted molar refractivity (Wildman–Crippen MR) is 136 cm³/mol. The Balaban J connectivity index is 1.86. The van der Waals surface area contributed by atoms with E-state index in [9.17, 15) is 9.59 Å². The summed E-state index contributed by atoms with van der Waals surface area (Å²) in [6.45, 7) is 3.79. The molecule has 6 nitrogen and oxygen atoms in total. The van der Waals surface area contributed by atoms with Gasteiger partial charge in [0.25, 0.3) is 11.1 Å². The highest BCUT2D eigenvalue weighted by atomic mass is 16.1. The van der Waals surface area contributed by atoms with Gasteiger partial charge in [0.15, 0.2) is 0 Å². The highest BCUT2D eigenvalue weighted by molar-refractivity contribution is 6.11. The monoisotopic (exact) mass is 442 g/mol. The molecule has 0 N–H and O–H groups in total. The first-order chi connectivity index (χ1) is 16.5. The molecule has 0 saturated heterocycles. The van der Waals surface area contributed by atoms with Crippen molar-refractivity contribution in [3.63, 3.8) is 0 Å². The molecule has 0 radical (unpaired) electrons. The van der Waals surface area contributed by atoms with Gasteiger partial charge in [0, 0.05) is 27.1 Å². The SMILES string of the molecule is Cc1ccc2c3c(C)c(ccc3c(=O)n3c4ccccc4nc23)c2nc3ccccc3n2c1=O. The summed E-state index contributed by atoms with van der Waals surface area (Å²) in [5.41, 5.74) is 5.43. The first kappa shape index (κ1) is 18.9. The lowest BCUT2D eigenvalue weighted by Crippen LogP contribution is -2.15. The van der Waals surface area contributed by atoms with Crippen molar-refractivity contribution in [2.45, 2.75) is 13.8 Å². The Labute approximate surface area is 192 Å². The zero-order valence-electron chi connectivity index (χ0n) is 18.5. The minimum Gasteiger partial charge on any atom is -0.269 e. The minimum atomic E-state index is -0.132. The fourth-order valence-electron chi connectivity index (χ4n) is 5.15. The van der Waals surface area contributed by atoms with Gasteiger partial charge in [0.2, 0.25) is 0 Å². The molecule has 0 spiro atoms. The molecule has 0 fully saturated rings. The number of para-hydroxylation sites is 4. The number of rotatable bonds is 0. The van der Waals surface area contributed by atoms with Crippen molar-refractivity contribution in [2.24, 2.45) is 0 Å². The smallest absolute Gasteiger partial charge is 0.264 e. The number of pyridine rings is 1. The van der Waals surface area contributed by atoms with Crippen LogP contribution in [0.1, 0.15) is 11.1 Å². The summed E-state index contributed by atoms with van der Waals surface area (Å²) in [4.78, 5) is 36.9. The lowest BCUT2D eigenvalue weighted by Gasteiger charge is -2.09. The van der Waals surface area contributed by atoms with Gasteiger partial charge in [-0.05, 0) is 49.7 Å². The van der Waals surface area contributed by atoms with E-state index in [0.717, 1.165) is 43.8 Å². The number of hydrogen-bond donors (Lipinski definition) is 0. The molecular weight excluding hydrogens is 424 g/mol. The fraction of sp³-hybridized carbons (Fsp3) is 0.0714. The molecule has 0 unspecified atom stereocenters. The van der Waals surface area contributed by atoms with Crippen LogP contribution in [0.4, 0.5) is 0 Å². The van der Waals surface area contributed by atoms with Gasteiger partial charge in [0.05, 0.1) is 22.1 Å². The average Bonchev–Trinajstić information content (AvgIpc) is 3.42. The first-order valence-corrected chi connectivity index (χ1v) is 11.1. The zero-order valence-corrected chi connectivity index (χ0v) is 18.5. The summed E-state index contributed by atoms with van der Waals surface area (Å²) in [5.74, 6) is 0. The summed E-state index contributed by atoms with van der Waals surface area (Å²) >= 11 is 0. The maximum absolute atomic E-state index is 13.7. The van der Waals surface area contributed by atoms with Crippen molar-refractivity contribution >= 4 is 54.9 Å². The topological polar surface area (TPSA) is 68.7 Å². The molecule has 0 aliphatic rings. The average molecular weight is 442 g/mol. The number of imidazole rings is 2. The van der Waals surface area contributed by atoms with E-state index in [2.05, 4.69) is 0 Å². The number of aryl methyl sites for hydroxylation is 2. The Morgan fingerprint density at radius 3 is 1.79 bits per heavy atom. The fourth-order valence-corrected chi connectivity index (χ4v) is 5.15.